The zero-order valence-corrected chi connectivity index (χ0v) is 49.7. The van der Waals surface area contributed by atoms with E-state index in [-0.39, 0.29) is 31.1 Å². The van der Waals surface area contributed by atoms with Gasteiger partial charge in [0.2, 0.25) is 0 Å². The Balaban J connectivity index is 4.40. The average Bonchev–Trinajstić information content (AvgIpc) is 3.42. The van der Waals surface area contributed by atoms with Gasteiger partial charge < -0.3 is 14.2 Å². The van der Waals surface area contributed by atoms with E-state index in [1.165, 1.54) is 141 Å². The van der Waals surface area contributed by atoms with Crippen molar-refractivity contribution in [1.82, 2.24) is 0 Å². The Morgan fingerprint density at radius 3 is 0.816 bits per heavy atom. The summed E-state index contributed by atoms with van der Waals surface area (Å²) in [7, 11) is 0. The second kappa shape index (κ2) is 63.6. The molecule has 76 heavy (non-hydrogen) atoms. The Hall–Kier alpha value is -3.93. The molecule has 1 atom stereocenters. The molecule has 0 aliphatic rings. The molecule has 0 saturated heterocycles. The maximum atomic E-state index is 12.9. The summed E-state index contributed by atoms with van der Waals surface area (Å²) in [6.07, 6.45) is 86.6. The van der Waals surface area contributed by atoms with Crippen LogP contribution in [-0.4, -0.2) is 37.2 Å². The predicted molar refractivity (Wildman–Crippen MR) is 330 cm³/mol. The van der Waals surface area contributed by atoms with Gasteiger partial charge in [0.25, 0.3) is 0 Å². The third kappa shape index (κ3) is 60.9. The van der Waals surface area contributed by atoms with Crippen molar-refractivity contribution >= 4 is 17.9 Å². The first-order valence-corrected chi connectivity index (χ1v) is 31.9. The molecule has 0 aromatic carbocycles. The van der Waals surface area contributed by atoms with Crippen LogP contribution in [0.5, 0.6) is 0 Å². The molecule has 1 unspecified atom stereocenters. The molecule has 0 aliphatic heterocycles. The van der Waals surface area contributed by atoms with Crippen LogP contribution in [0.2, 0.25) is 0 Å². The molecule has 0 heterocycles. The number of hydrogen-bond acceptors (Lipinski definition) is 6. The summed E-state index contributed by atoms with van der Waals surface area (Å²) >= 11 is 0. The fraction of sp³-hybridized carbons (Fsp3) is 0.700. The number of unbranched alkanes of at least 4 members (excludes halogenated alkanes) is 28. The standard InChI is InChI=1S/C70H118O6/c1-4-7-10-13-16-19-22-25-27-29-31-33-34-35-36-38-39-41-43-45-48-51-54-57-60-63-69(72)75-66-67(65-74-68(71)62-59-56-53-50-47-24-21-18-15-12-9-6-3)76-70(73)64-61-58-55-52-49-46-44-42-40-37-32-30-28-26-23-20-17-14-11-8-5-2/h7,10,16,19,23,25-27,30-33,35-36,39,41,45,48,67H,4-6,8-9,11-15,17-18,20-22,24,28-29,34,37-38,40,42-44,46-47,49-66H2,1-3H3/b10-7-,19-16-,26-23-,27-25-,32-30-,33-31-,36-35-,41-39-,48-45-. The quantitative estimate of drug-likeness (QED) is 0.0261. The van der Waals surface area contributed by atoms with Crippen LogP contribution >= 0.6 is 0 Å². The van der Waals surface area contributed by atoms with Crippen LogP contribution in [0.3, 0.4) is 0 Å². The highest BCUT2D eigenvalue weighted by molar-refractivity contribution is 5.71. The normalized spacial score (nSPS) is 12.8. The van der Waals surface area contributed by atoms with Crippen molar-refractivity contribution < 1.29 is 28.6 Å². The van der Waals surface area contributed by atoms with Crippen LogP contribution in [0.1, 0.15) is 297 Å². The van der Waals surface area contributed by atoms with E-state index in [0.717, 1.165) is 116 Å². The summed E-state index contributed by atoms with van der Waals surface area (Å²) in [6, 6.07) is 0. The monoisotopic (exact) mass is 1050 g/mol. The van der Waals surface area contributed by atoms with Crippen LogP contribution in [0, 0.1) is 0 Å². The molecule has 0 aliphatic carbocycles. The second-order valence-electron chi connectivity index (χ2n) is 20.9. The Kier molecular flexibility index (Phi) is 60.3. The van der Waals surface area contributed by atoms with Gasteiger partial charge in [0.1, 0.15) is 13.2 Å². The summed E-state index contributed by atoms with van der Waals surface area (Å²) < 4.78 is 16.9. The molecular formula is C70H118O6. The Bertz CT molecular complexity index is 1540. The molecule has 6 nitrogen and oxygen atoms in total. The van der Waals surface area contributed by atoms with E-state index < -0.39 is 6.10 Å². The lowest BCUT2D eigenvalue weighted by atomic mass is 10.0. The highest BCUT2D eigenvalue weighted by atomic mass is 16.6. The first-order valence-electron chi connectivity index (χ1n) is 31.9. The van der Waals surface area contributed by atoms with Gasteiger partial charge in [-0.3, -0.25) is 14.4 Å². The number of rotatable bonds is 57. The number of ether oxygens (including phenoxy) is 3. The van der Waals surface area contributed by atoms with Gasteiger partial charge in [0.05, 0.1) is 0 Å². The first kappa shape index (κ1) is 72.1. The average molecular weight is 1060 g/mol. The molecule has 0 N–H and O–H groups in total. The minimum atomic E-state index is -0.795. The fourth-order valence-corrected chi connectivity index (χ4v) is 8.75. The molecule has 0 saturated carbocycles. The minimum Gasteiger partial charge on any atom is -0.462 e. The van der Waals surface area contributed by atoms with E-state index in [1.54, 1.807) is 0 Å². The van der Waals surface area contributed by atoms with Crippen molar-refractivity contribution in [1.29, 1.82) is 0 Å². The summed E-state index contributed by atoms with van der Waals surface area (Å²) in [5, 5.41) is 0. The zero-order valence-electron chi connectivity index (χ0n) is 49.7. The lowest BCUT2D eigenvalue weighted by Crippen LogP contribution is -2.30. The largest absolute Gasteiger partial charge is 0.462 e. The van der Waals surface area contributed by atoms with Crippen molar-refractivity contribution in [2.75, 3.05) is 13.2 Å². The van der Waals surface area contributed by atoms with Crippen LogP contribution in [0.25, 0.3) is 0 Å². The molecule has 0 amide bonds. The van der Waals surface area contributed by atoms with Crippen molar-refractivity contribution in [2.24, 2.45) is 0 Å². The number of hydrogen-bond donors (Lipinski definition) is 0. The van der Waals surface area contributed by atoms with E-state index in [0.29, 0.717) is 19.3 Å². The molecule has 0 aromatic rings. The molecule has 0 fully saturated rings. The van der Waals surface area contributed by atoms with Gasteiger partial charge in [-0.1, -0.05) is 278 Å². The van der Waals surface area contributed by atoms with Crippen molar-refractivity contribution in [3.63, 3.8) is 0 Å². The molecule has 0 aromatic heterocycles. The molecule has 0 rings (SSSR count). The van der Waals surface area contributed by atoms with Crippen LogP contribution in [0.15, 0.2) is 109 Å². The molecule has 0 radical (unpaired) electrons. The summed E-state index contributed by atoms with van der Waals surface area (Å²) in [6.45, 7) is 6.50. The van der Waals surface area contributed by atoms with Crippen LogP contribution < -0.4 is 0 Å². The van der Waals surface area contributed by atoms with Gasteiger partial charge in [-0.2, -0.15) is 0 Å². The van der Waals surface area contributed by atoms with Gasteiger partial charge >= 0.3 is 17.9 Å². The Labute approximate surface area is 470 Å². The Morgan fingerprint density at radius 2 is 0.513 bits per heavy atom. The van der Waals surface area contributed by atoms with Crippen LogP contribution in [0.4, 0.5) is 0 Å². The van der Waals surface area contributed by atoms with E-state index in [9.17, 15) is 14.4 Å². The topological polar surface area (TPSA) is 78.9 Å². The fourth-order valence-electron chi connectivity index (χ4n) is 8.75. The molecular weight excluding hydrogens is 937 g/mol. The third-order valence-electron chi connectivity index (χ3n) is 13.5. The third-order valence-corrected chi connectivity index (χ3v) is 13.5. The van der Waals surface area contributed by atoms with Crippen molar-refractivity contribution in [2.45, 2.75) is 303 Å². The molecule has 6 heteroatoms. The molecule has 434 valence electrons. The number of esters is 3. The number of allylic oxidation sites excluding steroid dienone is 18. The van der Waals surface area contributed by atoms with Gasteiger partial charge in [-0.25, -0.2) is 0 Å². The van der Waals surface area contributed by atoms with Gasteiger partial charge in [0, 0.05) is 19.3 Å². The predicted octanol–water partition coefficient (Wildman–Crippen LogP) is 21.8. The van der Waals surface area contributed by atoms with E-state index in [2.05, 4.69) is 130 Å². The highest BCUT2D eigenvalue weighted by Crippen LogP contribution is 2.16. The maximum Gasteiger partial charge on any atom is 0.306 e. The van der Waals surface area contributed by atoms with Crippen molar-refractivity contribution in [3.8, 4) is 0 Å². The summed E-state index contributed by atoms with van der Waals surface area (Å²) in [5.41, 5.74) is 0. The van der Waals surface area contributed by atoms with Gasteiger partial charge in [0.15, 0.2) is 6.10 Å². The highest BCUT2D eigenvalue weighted by Gasteiger charge is 2.19. The lowest BCUT2D eigenvalue weighted by Gasteiger charge is -2.18. The zero-order chi connectivity index (χ0) is 55.0. The van der Waals surface area contributed by atoms with Crippen molar-refractivity contribution in [3.05, 3.63) is 109 Å². The SMILES string of the molecule is CC/C=C\C/C=C\C/C=C\C/C=C\C/C=C\C/C=C\C/C=C\CCCCCC(=O)OCC(COC(=O)CCCCCCCCCCCCCC)OC(=O)CCCCCCCCCCC/C=C\C/C=C\CCCCCCC. The maximum absolute atomic E-state index is 12.9. The van der Waals surface area contributed by atoms with E-state index in [4.69, 9.17) is 14.2 Å². The number of carbonyl (C=O) groups excluding carboxylic acids is 3. The van der Waals surface area contributed by atoms with E-state index >= 15 is 0 Å². The minimum absolute atomic E-state index is 0.0893. The van der Waals surface area contributed by atoms with Gasteiger partial charge in [-0.15, -0.1) is 0 Å². The van der Waals surface area contributed by atoms with Gasteiger partial charge in [-0.05, 0) is 109 Å². The lowest BCUT2D eigenvalue weighted by molar-refractivity contribution is -0.167. The second-order valence-corrected chi connectivity index (χ2v) is 20.9. The Morgan fingerprint density at radius 1 is 0.276 bits per heavy atom. The summed E-state index contributed by atoms with van der Waals surface area (Å²) in [4.78, 5) is 38.3. The molecule has 0 spiro atoms. The number of carbonyl (C=O) groups is 3. The smallest absolute Gasteiger partial charge is 0.306 e. The van der Waals surface area contributed by atoms with Crippen LogP contribution in [-0.2, 0) is 28.6 Å². The first-order chi connectivity index (χ1) is 37.5. The van der Waals surface area contributed by atoms with E-state index in [1.807, 2.05) is 0 Å². The molecule has 0 bridgehead atoms. The summed E-state index contributed by atoms with van der Waals surface area (Å²) in [5.74, 6) is -0.921.